The Morgan fingerprint density at radius 3 is 2.95 bits per heavy atom. The van der Waals surface area contributed by atoms with Gasteiger partial charge >= 0.3 is 0 Å². The van der Waals surface area contributed by atoms with Gasteiger partial charge in [0.1, 0.15) is 18.7 Å². The highest BCUT2D eigenvalue weighted by Crippen LogP contribution is 2.31. The molecule has 2 aromatic rings. The molecule has 9 heteroatoms. The van der Waals surface area contributed by atoms with Gasteiger partial charge in [0.15, 0.2) is 17.0 Å². The predicted molar refractivity (Wildman–Crippen MR) is 78.8 cm³/mol. The maximum absolute atomic E-state index is 9.85. The Morgan fingerprint density at radius 1 is 1.45 bits per heavy atom. The number of fused-ring (bicyclic) bond motifs is 1. The van der Waals surface area contributed by atoms with Crippen LogP contribution >= 0.6 is 0 Å². The number of aliphatic hydroxyl groups excluding tert-OH is 2. The summed E-state index contributed by atoms with van der Waals surface area (Å²) in [5.41, 5.74) is 1.14. The van der Waals surface area contributed by atoms with E-state index in [1.165, 1.54) is 6.33 Å². The molecule has 2 aromatic heterocycles. The fraction of sp³-hybridized carbons (Fsp3) is 0.538. The molecule has 0 bridgehead atoms. The molecule has 0 spiro atoms. The van der Waals surface area contributed by atoms with Crippen LogP contribution in [0, 0.1) is 0 Å². The number of rotatable bonds is 4. The minimum Gasteiger partial charge on any atom is -0.394 e. The van der Waals surface area contributed by atoms with Gasteiger partial charge in [-0.05, 0) is 0 Å². The summed E-state index contributed by atoms with van der Waals surface area (Å²) in [5.74, 6) is 0.467. The van der Waals surface area contributed by atoms with Gasteiger partial charge in [-0.3, -0.25) is 4.57 Å². The number of aromatic nitrogens is 4. The standard InChI is InChI=1S/C13H18N6O3/c1-18(2)6-17-12-11-13(15-5-14-12)19(7-16-11)10-3-8(21)9(4-20)22-10/h5-10,20-21H,3-4H2,1-2H3/b17-6+/t8?,9-,10-/m1/s1. The lowest BCUT2D eigenvalue weighted by atomic mass is 10.2. The number of nitrogens with zero attached hydrogens (tertiary/aromatic N) is 6. The largest absolute Gasteiger partial charge is 0.394 e. The first kappa shape index (κ1) is 14.8. The lowest BCUT2D eigenvalue weighted by Crippen LogP contribution is -2.24. The van der Waals surface area contributed by atoms with Gasteiger partial charge in [0.2, 0.25) is 0 Å². The van der Waals surface area contributed by atoms with Crippen molar-refractivity contribution in [2.75, 3.05) is 20.7 Å². The van der Waals surface area contributed by atoms with E-state index < -0.39 is 18.4 Å². The first-order chi connectivity index (χ1) is 10.6. The highest BCUT2D eigenvalue weighted by atomic mass is 16.5. The van der Waals surface area contributed by atoms with E-state index in [0.29, 0.717) is 23.4 Å². The van der Waals surface area contributed by atoms with Crippen molar-refractivity contribution < 1.29 is 14.9 Å². The van der Waals surface area contributed by atoms with Crippen molar-refractivity contribution in [2.24, 2.45) is 4.99 Å². The molecule has 0 radical (unpaired) electrons. The molecule has 22 heavy (non-hydrogen) atoms. The van der Waals surface area contributed by atoms with E-state index >= 15 is 0 Å². The second kappa shape index (κ2) is 5.95. The second-order valence-corrected chi connectivity index (χ2v) is 5.34. The zero-order valence-electron chi connectivity index (χ0n) is 12.4. The van der Waals surface area contributed by atoms with Crippen molar-refractivity contribution >= 4 is 23.3 Å². The fourth-order valence-corrected chi connectivity index (χ4v) is 2.37. The normalized spacial score (nSPS) is 25.4. The Kier molecular flexibility index (Phi) is 4.01. The molecule has 1 aliphatic rings. The quantitative estimate of drug-likeness (QED) is 0.589. The van der Waals surface area contributed by atoms with Crippen molar-refractivity contribution in [3.05, 3.63) is 12.7 Å². The van der Waals surface area contributed by atoms with E-state index in [0.717, 1.165) is 0 Å². The van der Waals surface area contributed by atoms with Crippen LogP contribution in [0.25, 0.3) is 11.2 Å². The third kappa shape index (κ3) is 2.65. The van der Waals surface area contributed by atoms with Gasteiger partial charge in [0.05, 0.1) is 25.4 Å². The highest BCUT2D eigenvalue weighted by molar-refractivity contribution is 5.82. The molecule has 118 valence electrons. The summed E-state index contributed by atoms with van der Waals surface area (Å²) in [5, 5.41) is 19.0. The number of aliphatic imine (C=N–C) groups is 1. The summed E-state index contributed by atoms with van der Waals surface area (Å²) in [6, 6.07) is 0. The molecular weight excluding hydrogens is 288 g/mol. The van der Waals surface area contributed by atoms with Gasteiger partial charge in [-0.2, -0.15) is 0 Å². The average molecular weight is 306 g/mol. The van der Waals surface area contributed by atoms with Gasteiger partial charge < -0.3 is 19.8 Å². The zero-order chi connectivity index (χ0) is 15.7. The van der Waals surface area contributed by atoms with E-state index in [-0.39, 0.29) is 6.61 Å². The third-order valence-corrected chi connectivity index (χ3v) is 3.44. The van der Waals surface area contributed by atoms with Crippen molar-refractivity contribution in [3.8, 4) is 0 Å². The highest BCUT2D eigenvalue weighted by Gasteiger charge is 2.35. The number of ether oxygens (including phenoxy) is 1. The number of hydrogen-bond acceptors (Lipinski definition) is 7. The van der Waals surface area contributed by atoms with Crippen molar-refractivity contribution in [1.82, 2.24) is 24.4 Å². The molecule has 1 saturated heterocycles. The Hall–Kier alpha value is -2.10. The maximum Gasteiger partial charge on any atom is 0.184 e. The van der Waals surface area contributed by atoms with Crippen molar-refractivity contribution in [1.29, 1.82) is 0 Å². The van der Waals surface area contributed by atoms with Crippen LogP contribution in [-0.2, 0) is 4.74 Å². The van der Waals surface area contributed by atoms with Gasteiger partial charge in [-0.15, -0.1) is 0 Å². The predicted octanol–water partition coefficient (Wildman–Crippen LogP) is -0.312. The number of imidazole rings is 1. The molecular formula is C13H18N6O3. The lowest BCUT2D eigenvalue weighted by molar-refractivity contribution is -0.0432. The van der Waals surface area contributed by atoms with Crippen LogP contribution in [0.1, 0.15) is 12.6 Å². The molecule has 0 aliphatic carbocycles. The van der Waals surface area contributed by atoms with Crippen LogP contribution in [0.5, 0.6) is 0 Å². The molecule has 3 heterocycles. The van der Waals surface area contributed by atoms with Crippen LogP contribution in [0.15, 0.2) is 17.6 Å². The summed E-state index contributed by atoms with van der Waals surface area (Å²) < 4.78 is 7.36. The SMILES string of the molecule is CN(C)/C=N/c1ncnc2c1ncn2[C@H]1CC(O)[C@@H](CO)O1. The van der Waals surface area contributed by atoms with Crippen LogP contribution in [0.3, 0.4) is 0 Å². The number of aliphatic hydroxyl groups is 2. The van der Waals surface area contributed by atoms with Crippen LogP contribution < -0.4 is 0 Å². The molecule has 0 aromatic carbocycles. The summed E-state index contributed by atoms with van der Waals surface area (Å²) in [6.07, 6.45) is 3.30. The first-order valence-corrected chi connectivity index (χ1v) is 6.92. The summed E-state index contributed by atoms with van der Waals surface area (Å²) in [6.45, 7) is -0.225. The zero-order valence-corrected chi connectivity index (χ0v) is 12.4. The lowest BCUT2D eigenvalue weighted by Gasteiger charge is -2.13. The Labute approximate surface area is 126 Å². The van der Waals surface area contributed by atoms with E-state index in [1.807, 2.05) is 14.1 Å². The Morgan fingerprint density at radius 2 is 2.27 bits per heavy atom. The minimum atomic E-state index is -0.708. The second-order valence-electron chi connectivity index (χ2n) is 5.34. The molecule has 1 fully saturated rings. The molecule has 1 aliphatic heterocycles. The Balaban J connectivity index is 1.95. The minimum absolute atomic E-state index is 0.225. The summed E-state index contributed by atoms with van der Waals surface area (Å²) >= 11 is 0. The molecule has 0 amide bonds. The van der Waals surface area contributed by atoms with E-state index in [4.69, 9.17) is 4.74 Å². The molecule has 1 unspecified atom stereocenters. The van der Waals surface area contributed by atoms with Crippen molar-refractivity contribution in [2.45, 2.75) is 24.9 Å². The molecule has 0 saturated carbocycles. The maximum atomic E-state index is 9.85. The summed E-state index contributed by atoms with van der Waals surface area (Å²) in [4.78, 5) is 18.7. The molecule has 3 rings (SSSR count). The van der Waals surface area contributed by atoms with E-state index in [2.05, 4.69) is 19.9 Å². The average Bonchev–Trinajstić information content (AvgIpc) is 3.08. The van der Waals surface area contributed by atoms with Crippen molar-refractivity contribution in [3.63, 3.8) is 0 Å². The molecule has 3 atom stereocenters. The van der Waals surface area contributed by atoms with Gasteiger partial charge in [0.25, 0.3) is 0 Å². The third-order valence-electron chi connectivity index (χ3n) is 3.44. The van der Waals surface area contributed by atoms with E-state index in [9.17, 15) is 10.2 Å². The molecule has 9 nitrogen and oxygen atoms in total. The van der Waals surface area contributed by atoms with Crippen LogP contribution in [0.4, 0.5) is 5.82 Å². The number of hydrogen-bond donors (Lipinski definition) is 2. The molecule has 2 N–H and O–H groups in total. The topological polar surface area (TPSA) is 109 Å². The fourth-order valence-electron chi connectivity index (χ4n) is 2.37. The van der Waals surface area contributed by atoms with E-state index in [1.54, 1.807) is 22.1 Å². The van der Waals surface area contributed by atoms with Crippen LogP contribution in [-0.4, -0.2) is 73.9 Å². The summed E-state index contributed by atoms with van der Waals surface area (Å²) in [7, 11) is 3.73. The smallest absolute Gasteiger partial charge is 0.184 e. The monoisotopic (exact) mass is 306 g/mol. The van der Waals surface area contributed by atoms with Crippen LogP contribution in [0.2, 0.25) is 0 Å². The first-order valence-electron chi connectivity index (χ1n) is 6.92. The van der Waals surface area contributed by atoms with Gasteiger partial charge in [0, 0.05) is 20.5 Å². The van der Waals surface area contributed by atoms with Gasteiger partial charge in [-0.1, -0.05) is 0 Å². The van der Waals surface area contributed by atoms with Gasteiger partial charge in [-0.25, -0.2) is 19.9 Å². The Bertz CT molecular complexity index is 685.